The molecule has 1 N–H and O–H groups in total. The van der Waals surface area contributed by atoms with E-state index in [9.17, 15) is 0 Å². The molecule has 0 aliphatic rings. The predicted molar refractivity (Wildman–Crippen MR) is 81.0 cm³/mol. The van der Waals surface area contributed by atoms with Gasteiger partial charge in [-0.3, -0.25) is 4.68 Å². The van der Waals surface area contributed by atoms with Gasteiger partial charge in [-0.2, -0.15) is 5.10 Å². The summed E-state index contributed by atoms with van der Waals surface area (Å²) >= 11 is 0. The zero-order valence-corrected chi connectivity index (χ0v) is 13.7. The van der Waals surface area contributed by atoms with Crippen molar-refractivity contribution in [2.24, 2.45) is 0 Å². The number of hydrogen-bond donors (Lipinski definition) is 1. The molecule has 1 aromatic rings. The van der Waals surface area contributed by atoms with E-state index >= 15 is 0 Å². The van der Waals surface area contributed by atoms with Crippen LogP contribution in [0.1, 0.15) is 37.7 Å². The summed E-state index contributed by atoms with van der Waals surface area (Å²) in [7, 11) is 1.71. The third-order valence-electron chi connectivity index (χ3n) is 3.15. The summed E-state index contributed by atoms with van der Waals surface area (Å²) in [5.74, 6) is 0. The summed E-state index contributed by atoms with van der Waals surface area (Å²) in [6.45, 7) is 14.3. The van der Waals surface area contributed by atoms with Gasteiger partial charge in [0.1, 0.15) is 0 Å². The zero-order chi connectivity index (χ0) is 15.2. The van der Waals surface area contributed by atoms with Crippen LogP contribution in [-0.2, 0) is 22.6 Å². The molecule has 0 saturated heterocycles. The minimum absolute atomic E-state index is 0.0966. The van der Waals surface area contributed by atoms with E-state index in [0.29, 0.717) is 6.61 Å². The molecule has 0 aliphatic heterocycles. The highest BCUT2D eigenvalue weighted by molar-refractivity contribution is 5.24. The fourth-order valence-electron chi connectivity index (χ4n) is 2.03. The number of nitrogens with zero attached hydrogens (tertiary/aromatic N) is 2. The first-order valence-electron chi connectivity index (χ1n) is 7.21. The SMILES string of the molecule is COCCNCc1c(C)nn(CCOC(C)(C)C)c1C. The first kappa shape index (κ1) is 17.1. The van der Waals surface area contributed by atoms with Crippen LogP contribution in [0.25, 0.3) is 0 Å². The standard InChI is InChI=1S/C15H29N3O2/c1-12-14(11-16-7-9-19-6)13(2)18(17-12)8-10-20-15(3,4)5/h16H,7-11H2,1-6H3. The summed E-state index contributed by atoms with van der Waals surface area (Å²) in [5.41, 5.74) is 3.48. The van der Waals surface area contributed by atoms with E-state index in [-0.39, 0.29) is 5.60 Å². The molecule has 0 saturated carbocycles. The molecule has 0 radical (unpaired) electrons. The van der Waals surface area contributed by atoms with Gasteiger partial charge in [0.15, 0.2) is 0 Å². The highest BCUT2D eigenvalue weighted by Crippen LogP contribution is 2.13. The zero-order valence-electron chi connectivity index (χ0n) is 13.7. The average molecular weight is 283 g/mol. The van der Waals surface area contributed by atoms with E-state index in [0.717, 1.165) is 31.9 Å². The Kier molecular flexibility index (Phi) is 6.65. The van der Waals surface area contributed by atoms with Gasteiger partial charge in [-0.15, -0.1) is 0 Å². The molecule has 0 spiro atoms. The normalized spacial score (nSPS) is 12.1. The quantitative estimate of drug-likeness (QED) is 0.742. The highest BCUT2D eigenvalue weighted by Gasteiger charge is 2.13. The van der Waals surface area contributed by atoms with Crippen molar-refractivity contribution in [2.75, 3.05) is 26.9 Å². The maximum atomic E-state index is 5.76. The molecular weight excluding hydrogens is 254 g/mol. The van der Waals surface area contributed by atoms with Crippen molar-refractivity contribution < 1.29 is 9.47 Å². The second-order valence-electron chi connectivity index (χ2n) is 6.00. The number of methoxy groups -OCH3 is 1. The molecule has 0 amide bonds. The van der Waals surface area contributed by atoms with Gasteiger partial charge in [0, 0.05) is 31.5 Å². The fraction of sp³-hybridized carbons (Fsp3) is 0.800. The molecule has 0 fully saturated rings. The van der Waals surface area contributed by atoms with Crippen LogP contribution in [0.2, 0.25) is 0 Å². The van der Waals surface area contributed by atoms with Crippen molar-refractivity contribution in [3.8, 4) is 0 Å². The molecule has 1 aromatic heterocycles. The van der Waals surface area contributed by atoms with E-state index in [2.05, 4.69) is 45.0 Å². The molecule has 5 heteroatoms. The Balaban J connectivity index is 2.53. The molecule has 0 aromatic carbocycles. The summed E-state index contributed by atoms with van der Waals surface area (Å²) in [6.07, 6.45) is 0. The Hall–Kier alpha value is -0.910. The van der Waals surface area contributed by atoms with Crippen LogP contribution in [0, 0.1) is 13.8 Å². The number of ether oxygens (including phenoxy) is 2. The number of rotatable bonds is 8. The van der Waals surface area contributed by atoms with Crippen molar-refractivity contribution in [2.45, 2.75) is 53.3 Å². The maximum absolute atomic E-state index is 5.76. The molecule has 0 atom stereocenters. The van der Waals surface area contributed by atoms with Gasteiger partial charge < -0.3 is 14.8 Å². The Bertz CT molecular complexity index is 408. The summed E-state index contributed by atoms with van der Waals surface area (Å²) in [4.78, 5) is 0. The minimum atomic E-state index is -0.0966. The van der Waals surface area contributed by atoms with Crippen molar-refractivity contribution in [1.82, 2.24) is 15.1 Å². The number of aryl methyl sites for hydroxylation is 1. The Morgan fingerprint density at radius 1 is 1.20 bits per heavy atom. The molecule has 1 rings (SSSR count). The average Bonchev–Trinajstić information content (AvgIpc) is 2.60. The van der Waals surface area contributed by atoms with Gasteiger partial charge in [0.05, 0.1) is 31.1 Å². The second kappa shape index (κ2) is 7.76. The van der Waals surface area contributed by atoms with Crippen LogP contribution in [0.3, 0.4) is 0 Å². The Morgan fingerprint density at radius 3 is 2.50 bits per heavy atom. The number of hydrogen-bond acceptors (Lipinski definition) is 4. The van der Waals surface area contributed by atoms with Gasteiger partial charge >= 0.3 is 0 Å². The van der Waals surface area contributed by atoms with E-state index in [4.69, 9.17) is 9.47 Å². The molecule has 20 heavy (non-hydrogen) atoms. The van der Waals surface area contributed by atoms with Crippen LogP contribution >= 0.6 is 0 Å². The monoisotopic (exact) mass is 283 g/mol. The Morgan fingerprint density at radius 2 is 1.90 bits per heavy atom. The van der Waals surface area contributed by atoms with E-state index < -0.39 is 0 Å². The molecule has 0 unspecified atom stereocenters. The topological polar surface area (TPSA) is 48.3 Å². The van der Waals surface area contributed by atoms with Crippen molar-refractivity contribution in [3.05, 3.63) is 17.0 Å². The van der Waals surface area contributed by atoms with Crippen molar-refractivity contribution >= 4 is 0 Å². The number of nitrogens with one attached hydrogen (secondary N) is 1. The lowest BCUT2D eigenvalue weighted by molar-refractivity contribution is -0.00810. The minimum Gasteiger partial charge on any atom is -0.383 e. The van der Waals surface area contributed by atoms with Crippen LogP contribution in [0.15, 0.2) is 0 Å². The molecule has 5 nitrogen and oxygen atoms in total. The first-order chi connectivity index (χ1) is 9.35. The highest BCUT2D eigenvalue weighted by atomic mass is 16.5. The number of aromatic nitrogens is 2. The lowest BCUT2D eigenvalue weighted by Gasteiger charge is -2.19. The molecule has 116 valence electrons. The smallest absolute Gasteiger partial charge is 0.0669 e. The van der Waals surface area contributed by atoms with Gasteiger partial charge in [0.2, 0.25) is 0 Å². The third-order valence-corrected chi connectivity index (χ3v) is 3.15. The van der Waals surface area contributed by atoms with Crippen LogP contribution in [0.4, 0.5) is 0 Å². The van der Waals surface area contributed by atoms with Gasteiger partial charge in [-0.1, -0.05) is 0 Å². The molecule has 0 bridgehead atoms. The van der Waals surface area contributed by atoms with Crippen molar-refractivity contribution in [1.29, 1.82) is 0 Å². The molecular formula is C15H29N3O2. The van der Waals surface area contributed by atoms with E-state index in [1.54, 1.807) is 7.11 Å². The van der Waals surface area contributed by atoms with Gasteiger partial charge in [0.25, 0.3) is 0 Å². The maximum Gasteiger partial charge on any atom is 0.0669 e. The van der Waals surface area contributed by atoms with Gasteiger partial charge in [-0.05, 0) is 34.6 Å². The van der Waals surface area contributed by atoms with Crippen LogP contribution < -0.4 is 5.32 Å². The van der Waals surface area contributed by atoms with Crippen LogP contribution in [0.5, 0.6) is 0 Å². The largest absolute Gasteiger partial charge is 0.383 e. The lowest BCUT2D eigenvalue weighted by atomic mass is 10.2. The predicted octanol–water partition coefficient (Wildman–Crippen LogP) is 2.05. The second-order valence-corrected chi connectivity index (χ2v) is 6.00. The van der Waals surface area contributed by atoms with Gasteiger partial charge in [-0.25, -0.2) is 0 Å². The summed E-state index contributed by atoms with van der Waals surface area (Å²) < 4.78 is 12.8. The van der Waals surface area contributed by atoms with Crippen molar-refractivity contribution in [3.63, 3.8) is 0 Å². The third kappa shape index (κ3) is 5.61. The van der Waals surface area contributed by atoms with E-state index in [1.807, 2.05) is 4.68 Å². The summed E-state index contributed by atoms with van der Waals surface area (Å²) in [6, 6.07) is 0. The lowest BCUT2D eigenvalue weighted by Crippen LogP contribution is -2.22. The summed E-state index contributed by atoms with van der Waals surface area (Å²) in [5, 5.41) is 7.96. The van der Waals surface area contributed by atoms with Crippen LogP contribution in [-0.4, -0.2) is 42.2 Å². The first-order valence-corrected chi connectivity index (χ1v) is 7.21. The molecule has 0 aliphatic carbocycles. The molecule has 1 heterocycles. The van der Waals surface area contributed by atoms with E-state index in [1.165, 1.54) is 11.3 Å². The Labute approximate surface area is 122 Å². The fourth-order valence-corrected chi connectivity index (χ4v) is 2.03.